The Balaban J connectivity index is 2.03. The fraction of sp³-hybridized carbons (Fsp3) is 0.750. The molecular weight excluding hydrogens is 176 g/mol. The number of rotatable bonds is 2. The van der Waals surface area contributed by atoms with E-state index in [0.29, 0.717) is 17.9 Å². The third kappa shape index (κ3) is 0.876. The largest absolute Gasteiger partial charge is 0.377 e. The molecule has 2 fully saturated rings. The smallest absolute Gasteiger partial charge is 0.127 e. The van der Waals surface area contributed by atoms with Gasteiger partial charge in [0.05, 0.1) is 6.10 Å². The Morgan fingerprint density at radius 2 is 2.21 bits per heavy atom. The van der Waals surface area contributed by atoms with Crippen LogP contribution in [0, 0.1) is 17.8 Å². The van der Waals surface area contributed by atoms with Gasteiger partial charge in [0.1, 0.15) is 6.29 Å². The van der Waals surface area contributed by atoms with E-state index in [1.165, 1.54) is 30.4 Å². The second-order valence-corrected chi connectivity index (χ2v) is 4.77. The number of fused-ring (bicyclic) bond motifs is 4. The van der Waals surface area contributed by atoms with Crippen LogP contribution in [0.5, 0.6) is 0 Å². The molecule has 0 aromatic rings. The minimum absolute atomic E-state index is 0.234. The van der Waals surface area contributed by atoms with Crippen molar-refractivity contribution < 1.29 is 9.53 Å². The summed E-state index contributed by atoms with van der Waals surface area (Å²) in [5.41, 5.74) is 2.96. The summed E-state index contributed by atoms with van der Waals surface area (Å²) in [6.07, 6.45) is 6.27. The molecule has 0 N–H and O–H groups in total. The molecule has 76 valence electrons. The summed E-state index contributed by atoms with van der Waals surface area (Å²) < 4.78 is 5.55. The van der Waals surface area contributed by atoms with Gasteiger partial charge < -0.3 is 9.53 Å². The van der Waals surface area contributed by atoms with E-state index in [9.17, 15) is 4.79 Å². The molecule has 3 aliphatic carbocycles. The number of aldehydes is 1. The molecule has 2 bridgehead atoms. The van der Waals surface area contributed by atoms with Crippen LogP contribution in [0.1, 0.15) is 25.7 Å². The van der Waals surface area contributed by atoms with Crippen molar-refractivity contribution in [2.24, 2.45) is 17.8 Å². The van der Waals surface area contributed by atoms with Crippen LogP contribution in [0.2, 0.25) is 0 Å². The molecule has 4 unspecified atom stereocenters. The predicted octanol–water partition coefficient (Wildman–Crippen LogP) is 1.95. The number of carbonyl (C=O) groups is 1. The topological polar surface area (TPSA) is 26.3 Å². The van der Waals surface area contributed by atoms with Gasteiger partial charge >= 0.3 is 0 Å². The van der Waals surface area contributed by atoms with Gasteiger partial charge in [0.2, 0.25) is 0 Å². The maximum Gasteiger partial charge on any atom is 0.127 e. The van der Waals surface area contributed by atoms with Crippen LogP contribution >= 0.6 is 0 Å². The minimum Gasteiger partial charge on any atom is -0.377 e. The molecule has 0 aliphatic heterocycles. The maximum atomic E-state index is 10.9. The molecule has 14 heavy (non-hydrogen) atoms. The Labute approximate surface area is 84.3 Å². The summed E-state index contributed by atoms with van der Waals surface area (Å²) >= 11 is 0. The lowest BCUT2D eigenvalue weighted by atomic mass is 9.86. The molecule has 2 nitrogen and oxygen atoms in total. The molecule has 0 aromatic heterocycles. The van der Waals surface area contributed by atoms with Crippen LogP contribution < -0.4 is 0 Å². The summed E-state index contributed by atoms with van der Waals surface area (Å²) in [7, 11) is 1.81. The molecule has 0 aromatic carbocycles. The molecule has 0 radical (unpaired) electrons. The summed E-state index contributed by atoms with van der Waals surface area (Å²) in [5.74, 6) is 1.63. The van der Waals surface area contributed by atoms with E-state index in [0.717, 1.165) is 12.7 Å². The monoisotopic (exact) mass is 192 g/mol. The number of allylic oxidation sites excluding steroid dienone is 1. The summed E-state index contributed by atoms with van der Waals surface area (Å²) in [4.78, 5) is 10.9. The highest BCUT2D eigenvalue weighted by molar-refractivity contribution is 5.63. The highest BCUT2D eigenvalue weighted by atomic mass is 16.5. The summed E-state index contributed by atoms with van der Waals surface area (Å²) in [6, 6.07) is 0. The van der Waals surface area contributed by atoms with Crippen molar-refractivity contribution in [3.63, 3.8) is 0 Å². The fourth-order valence-electron chi connectivity index (χ4n) is 3.92. The van der Waals surface area contributed by atoms with E-state index in [4.69, 9.17) is 4.74 Å². The number of hydrogen-bond donors (Lipinski definition) is 0. The van der Waals surface area contributed by atoms with Gasteiger partial charge in [0.15, 0.2) is 0 Å². The first-order valence-electron chi connectivity index (χ1n) is 5.57. The molecule has 0 heterocycles. The third-order valence-electron chi connectivity index (χ3n) is 4.37. The molecule has 2 heteroatoms. The van der Waals surface area contributed by atoms with Gasteiger partial charge in [0, 0.05) is 13.0 Å². The molecule has 3 aliphatic rings. The highest BCUT2D eigenvalue weighted by Crippen LogP contribution is 2.57. The molecule has 0 amide bonds. The van der Waals surface area contributed by atoms with Gasteiger partial charge in [-0.3, -0.25) is 0 Å². The van der Waals surface area contributed by atoms with Crippen molar-refractivity contribution in [3.8, 4) is 0 Å². The van der Waals surface area contributed by atoms with Crippen molar-refractivity contribution in [1.82, 2.24) is 0 Å². The number of carbonyl (C=O) groups excluding carboxylic acids is 1. The number of ether oxygens (including phenoxy) is 1. The van der Waals surface area contributed by atoms with Gasteiger partial charge in [0.25, 0.3) is 0 Å². The summed E-state index contributed by atoms with van der Waals surface area (Å²) in [5, 5.41) is 0. The Morgan fingerprint density at radius 3 is 2.93 bits per heavy atom. The zero-order valence-electron chi connectivity index (χ0n) is 8.53. The standard InChI is InChI=1S/C12H16O2/c1-14-12-9-4-5-10(12)11-7(6-13)2-3-8(9)11/h6-9,12H,2-5H2,1H3. The van der Waals surface area contributed by atoms with Gasteiger partial charge in [-0.05, 0) is 43.1 Å². The SMILES string of the molecule is COC1C2=C3C(C=O)CCC3C1CC2. The number of methoxy groups -OCH3 is 1. The van der Waals surface area contributed by atoms with E-state index in [1.807, 2.05) is 0 Å². The van der Waals surface area contributed by atoms with Crippen molar-refractivity contribution in [3.05, 3.63) is 11.1 Å². The molecular formula is C12H16O2. The first kappa shape index (κ1) is 8.66. The van der Waals surface area contributed by atoms with Crippen molar-refractivity contribution in [2.45, 2.75) is 31.8 Å². The fourth-order valence-corrected chi connectivity index (χ4v) is 3.92. The first-order valence-corrected chi connectivity index (χ1v) is 5.57. The minimum atomic E-state index is 0.234. The lowest BCUT2D eigenvalue weighted by Crippen LogP contribution is -2.18. The van der Waals surface area contributed by atoms with Gasteiger partial charge in [-0.2, -0.15) is 0 Å². The number of hydrogen-bond acceptors (Lipinski definition) is 2. The Kier molecular flexibility index (Phi) is 1.81. The van der Waals surface area contributed by atoms with Gasteiger partial charge in [-0.1, -0.05) is 5.57 Å². The maximum absolute atomic E-state index is 10.9. The van der Waals surface area contributed by atoms with Crippen LogP contribution in [0.3, 0.4) is 0 Å². The Hall–Kier alpha value is -0.630. The molecule has 0 saturated heterocycles. The van der Waals surface area contributed by atoms with Crippen molar-refractivity contribution in [1.29, 1.82) is 0 Å². The van der Waals surface area contributed by atoms with E-state index >= 15 is 0 Å². The van der Waals surface area contributed by atoms with Gasteiger partial charge in [-0.25, -0.2) is 0 Å². The van der Waals surface area contributed by atoms with Crippen LogP contribution in [0.4, 0.5) is 0 Å². The molecule has 4 atom stereocenters. The van der Waals surface area contributed by atoms with E-state index in [1.54, 1.807) is 7.11 Å². The zero-order valence-corrected chi connectivity index (χ0v) is 8.53. The normalized spacial score (nSPS) is 44.6. The lowest BCUT2D eigenvalue weighted by Gasteiger charge is -2.19. The average molecular weight is 192 g/mol. The third-order valence-corrected chi connectivity index (χ3v) is 4.37. The second-order valence-electron chi connectivity index (χ2n) is 4.77. The van der Waals surface area contributed by atoms with Crippen molar-refractivity contribution >= 4 is 6.29 Å². The van der Waals surface area contributed by atoms with Crippen LogP contribution in [-0.2, 0) is 9.53 Å². The second kappa shape index (κ2) is 2.93. The Morgan fingerprint density at radius 1 is 1.36 bits per heavy atom. The quantitative estimate of drug-likeness (QED) is 0.493. The highest BCUT2D eigenvalue weighted by Gasteiger charge is 2.51. The van der Waals surface area contributed by atoms with Crippen molar-refractivity contribution in [2.75, 3.05) is 7.11 Å². The summed E-state index contributed by atoms with van der Waals surface area (Å²) in [6.45, 7) is 0. The van der Waals surface area contributed by atoms with Crippen LogP contribution in [0.25, 0.3) is 0 Å². The van der Waals surface area contributed by atoms with E-state index in [-0.39, 0.29) is 5.92 Å². The van der Waals surface area contributed by atoms with Crippen LogP contribution in [-0.4, -0.2) is 19.5 Å². The molecule has 3 rings (SSSR count). The predicted molar refractivity (Wildman–Crippen MR) is 52.8 cm³/mol. The van der Waals surface area contributed by atoms with Gasteiger partial charge in [-0.15, -0.1) is 0 Å². The van der Waals surface area contributed by atoms with E-state index < -0.39 is 0 Å². The van der Waals surface area contributed by atoms with E-state index in [2.05, 4.69) is 0 Å². The lowest BCUT2D eigenvalue weighted by molar-refractivity contribution is -0.110. The zero-order chi connectivity index (χ0) is 9.71. The Bertz CT molecular complexity index is 305. The average Bonchev–Trinajstić information content (AvgIpc) is 2.87. The first-order chi connectivity index (χ1) is 6.86. The molecule has 2 saturated carbocycles. The molecule has 0 spiro atoms. The van der Waals surface area contributed by atoms with Crippen LogP contribution in [0.15, 0.2) is 11.1 Å².